The standard InChI is InChI=1S/C43H48O10Si/c1-28(2)54(29(3)4,30(5)6)48-27-35-36(50-39(44)31-19-11-7-12-20-31)37(51-40(45)32-21-13-8-14-22-32)38(52-41(46)33-23-15-9-16-24-33)43(49-35)53-42(47)34-25-17-10-18-26-34/h7-26,28-30,35-38,43H,27H2,1-6H3/t35?,36-,37-,38?,43-/m1/s1. The summed E-state index contributed by atoms with van der Waals surface area (Å²) in [7, 11) is -2.57. The van der Waals surface area contributed by atoms with Crippen molar-refractivity contribution in [3.8, 4) is 0 Å². The van der Waals surface area contributed by atoms with Crippen molar-refractivity contribution in [1.29, 1.82) is 0 Å². The first-order valence-corrected chi connectivity index (χ1v) is 20.4. The average molecular weight is 753 g/mol. The summed E-state index contributed by atoms with van der Waals surface area (Å²) in [5.74, 6) is -3.10. The van der Waals surface area contributed by atoms with E-state index in [-0.39, 0.29) is 45.5 Å². The van der Waals surface area contributed by atoms with Gasteiger partial charge in [-0.15, -0.1) is 0 Å². The number of carbonyl (C=O) groups excluding carboxylic acids is 4. The highest BCUT2D eigenvalue weighted by Gasteiger charge is 2.55. The molecule has 1 aliphatic heterocycles. The zero-order chi connectivity index (χ0) is 38.8. The first-order chi connectivity index (χ1) is 25.9. The van der Waals surface area contributed by atoms with E-state index in [1.165, 1.54) is 0 Å². The van der Waals surface area contributed by atoms with Gasteiger partial charge in [0.2, 0.25) is 12.4 Å². The number of hydrogen-bond donors (Lipinski definition) is 0. The van der Waals surface area contributed by atoms with Gasteiger partial charge in [0.25, 0.3) is 0 Å². The van der Waals surface area contributed by atoms with Crippen LogP contribution < -0.4 is 0 Å². The van der Waals surface area contributed by atoms with Crippen molar-refractivity contribution in [2.45, 2.75) is 88.9 Å². The Kier molecular flexibility index (Phi) is 13.6. The fourth-order valence-electron chi connectivity index (χ4n) is 7.28. The molecule has 11 heteroatoms. The van der Waals surface area contributed by atoms with E-state index in [1.54, 1.807) is 121 Å². The van der Waals surface area contributed by atoms with Gasteiger partial charge in [-0.3, -0.25) is 0 Å². The smallest absolute Gasteiger partial charge is 0.340 e. The van der Waals surface area contributed by atoms with Gasteiger partial charge in [-0.1, -0.05) is 114 Å². The largest absolute Gasteiger partial charge is 0.452 e. The maximum atomic E-state index is 13.9. The lowest BCUT2D eigenvalue weighted by Crippen LogP contribution is -2.64. The summed E-state index contributed by atoms with van der Waals surface area (Å²) < 4.78 is 37.9. The highest BCUT2D eigenvalue weighted by Crippen LogP contribution is 2.43. The van der Waals surface area contributed by atoms with Crippen LogP contribution in [-0.4, -0.2) is 69.5 Å². The van der Waals surface area contributed by atoms with E-state index >= 15 is 0 Å². The van der Waals surface area contributed by atoms with E-state index < -0.39 is 62.9 Å². The van der Waals surface area contributed by atoms with Gasteiger partial charge in [-0.05, 0) is 65.2 Å². The van der Waals surface area contributed by atoms with Gasteiger partial charge < -0.3 is 28.1 Å². The van der Waals surface area contributed by atoms with Crippen LogP contribution in [0.3, 0.4) is 0 Å². The molecular formula is C43H48O10Si. The second-order valence-corrected chi connectivity index (χ2v) is 19.6. The molecule has 0 radical (unpaired) electrons. The van der Waals surface area contributed by atoms with Gasteiger partial charge in [0.05, 0.1) is 28.9 Å². The number of rotatable bonds is 14. The van der Waals surface area contributed by atoms with Crippen LogP contribution in [0.25, 0.3) is 0 Å². The number of carbonyl (C=O) groups is 4. The predicted molar refractivity (Wildman–Crippen MR) is 204 cm³/mol. The maximum absolute atomic E-state index is 13.9. The van der Waals surface area contributed by atoms with E-state index in [2.05, 4.69) is 41.5 Å². The van der Waals surface area contributed by atoms with Crippen molar-refractivity contribution in [2.75, 3.05) is 6.61 Å². The molecule has 1 saturated heterocycles. The minimum Gasteiger partial charge on any atom is -0.452 e. The molecule has 10 nitrogen and oxygen atoms in total. The monoisotopic (exact) mass is 752 g/mol. The molecule has 1 aliphatic rings. The maximum Gasteiger partial charge on any atom is 0.340 e. The highest BCUT2D eigenvalue weighted by atomic mass is 28.4. The first-order valence-electron chi connectivity index (χ1n) is 18.3. The number of hydrogen-bond acceptors (Lipinski definition) is 10. The van der Waals surface area contributed by atoms with Gasteiger partial charge in [0.1, 0.15) is 6.10 Å². The Balaban J connectivity index is 1.63. The lowest BCUT2D eigenvalue weighted by atomic mass is 9.97. The molecule has 0 aliphatic carbocycles. The predicted octanol–water partition coefficient (Wildman–Crippen LogP) is 8.44. The molecular weight excluding hydrogens is 705 g/mol. The average Bonchev–Trinajstić information content (AvgIpc) is 3.18. The molecule has 0 amide bonds. The Bertz CT molecular complexity index is 1810. The van der Waals surface area contributed by atoms with Crippen molar-refractivity contribution in [3.05, 3.63) is 144 Å². The molecule has 5 rings (SSSR count). The normalized spacial score (nSPS) is 20.0. The number of esters is 4. The van der Waals surface area contributed by atoms with Gasteiger partial charge in [0, 0.05) is 0 Å². The fourth-order valence-corrected chi connectivity index (χ4v) is 12.7. The Morgan fingerprint density at radius 2 is 0.796 bits per heavy atom. The zero-order valence-electron chi connectivity index (χ0n) is 31.5. The minimum absolute atomic E-state index is 0.106. The number of ether oxygens (including phenoxy) is 5. The lowest BCUT2D eigenvalue weighted by molar-refractivity contribution is -0.282. The second-order valence-electron chi connectivity index (χ2n) is 14.2. The molecule has 4 aromatic rings. The molecule has 54 heavy (non-hydrogen) atoms. The van der Waals surface area contributed by atoms with Crippen molar-refractivity contribution >= 4 is 32.2 Å². The van der Waals surface area contributed by atoms with Crippen LogP contribution in [0.1, 0.15) is 83.0 Å². The van der Waals surface area contributed by atoms with E-state index in [9.17, 15) is 19.2 Å². The molecule has 0 aromatic heterocycles. The van der Waals surface area contributed by atoms with E-state index in [4.69, 9.17) is 28.1 Å². The Hall–Kier alpha value is -5.10. The van der Waals surface area contributed by atoms with Gasteiger partial charge >= 0.3 is 23.9 Å². The third kappa shape index (κ3) is 9.33. The molecule has 1 fully saturated rings. The Morgan fingerprint density at radius 1 is 0.481 bits per heavy atom. The third-order valence-electron chi connectivity index (χ3n) is 9.79. The molecule has 1 heterocycles. The minimum atomic E-state index is -2.57. The molecule has 0 saturated carbocycles. The van der Waals surface area contributed by atoms with E-state index in [1.807, 2.05) is 0 Å². The van der Waals surface area contributed by atoms with Gasteiger partial charge in [-0.25, -0.2) is 19.2 Å². The van der Waals surface area contributed by atoms with Crippen LogP contribution in [0.2, 0.25) is 16.6 Å². The van der Waals surface area contributed by atoms with Crippen LogP contribution in [0.15, 0.2) is 121 Å². The molecule has 5 atom stereocenters. The second kappa shape index (κ2) is 18.3. The SMILES string of the molecule is CC(C)[Si](OCC1O[C@H](OC(=O)c2ccccc2)C(OC(=O)c2ccccc2)[C@H](OC(=O)c2ccccc2)[C@@H]1OC(=O)c1ccccc1)(C(C)C)C(C)C. The van der Waals surface area contributed by atoms with Crippen LogP contribution in [0.5, 0.6) is 0 Å². The number of benzene rings is 4. The van der Waals surface area contributed by atoms with E-state index in [0.717, 1.165) is 0 Å². The third-order valence-corrected chi connectivity index (χ3v) is 15.9. The van der Waals surface area contributed by atoms with Gasteiger partial charge in [-0.2, -0.15) is 0 Å². The highest BCUT2D eigenvalue weighted by molar-refractivity contribution is 6.77. The van der Waals surface area contributed by atoms with Gasteiger partial charge in [0.15, 0.2) is 20.5 Å². The topological polar surface area (TPSA) is 124 Å². The quantitative estimate of drug-likeness (QED) is 0.0704. The van der Waals surface area contributed by atoms with Crippen LogP contribution >= 0.6 is 0 Å². The summed E-state index contributed by atoms with van der Waals surface area (Å²) in [4.78, 5) is 55.1. The molecule has 4 aromatic carbocycles. The van der Waals surface area contributed by atoms with Crippen LogP contribution in [0.4, 0.5) is 0 Å². The van der Waals surface area contributed by atoms with E-state index in [0.29, 0.717) is 0 Å². The lowest BCUT2D eigenvalue weighted by Gasteiger charge is -2.47. The van der Waals surface area contributed by atoms with Crippen molar-refractivity contribution in [1.82, 2.24) is 0 Å². The van der Waals surface area contributed by atoms with Crippen molar-refractivity contribution in [3.63, 3.8) is 0 Å². The summed E-state index contributed by atoms with van der Waals surface area (Å²) in [5, 5.41) is 0. The summed E-state index contributed by atoms with van der Waals surface area (Å²) in [6.07, 6.45) is -7.27. The first kappa shape index (κ1) is 40.1. The Morgan fingerprint density at radius 3 is 1.15 bits per heavy atom. The summed E-state index contributed by atoms with van der Waals surface area (Å²) >= 11 is 0. The summed E-state index contributed by atoms with van der Waals surface area (Å²) in [6, 6.07) is 33.0. The molecule has 0 N–H and O–H groups in total. The molecule has 0 bridgehead atoms. The molecule has 2 unspecified atom stereocenters. The van der Waals surface area contributed by atoms with Crippen molar-refractivity contribution < 1.29 is 47.3 Å². The van der Waals surface area contributed by atoms with Crippen LogP contribution in [0, 0.1) is 0 Å². The van der Waals surface area contributed by atoms with Crippen molar-refractivity contribution in [2.24, 2.45) is 0 Å². The Labute approximate surface area is 317 Å². The fraction of sp³-hybridized carbons (Fsp3) is 0.349. The molecule has 284 valence electrons. The van der Waals surface area contributed by atoms with Crippen LogP contribution in [-0.2, 0) is 28.1 Å². The summed E-state index contributed by atoms with van der Waals surface area (Å²) in [5.41, 5.74) is 1.38. The summed E-state index contributed by atoms with van der Waals surface area (Å²) in [6.45, 7) is 12.7. The molecule has 0 spiro atoms. The zero-order valence-corrected chi connectivity index (χ0v) is 32.5.